The van der Waals surface area contributed by atoms with Gasteiger partial charge in [0.25, 0.3) is 0 Å². The highest BCUT2D eigenvalue weighted by atomic mass is 79.9. The molecule has 1 heterocycles. The van der Waals surface area contributed by atoms with Crippen LogP contribution in [0.3, 0.4) is 0 Å². The van der Waals surface area contributed by atoms with E-state index in [9.17, 15) is 9.18 Å². The second-order valence-electron chi connectivity index (χ2n) is 3.71. The third kappa shape index (κ3) is 2.97. The van der Waals surface area contributed by atoms with Crippen molar-refractivity contribution in [2.75, 3.05) is 7.11 Å². The van der Waals surface area contributed by atoms with E-state index in [0.29, 0.717) is 11.1 Å². The third-order valence-electron chi connectivity index (χ3n) is 2.47. The van der Waals surface area contributed by atoms with Gasteiger partial charge in [-0.25, -0.2) is 4.39 Å². The second-order valence-corrected chi connectivity index (χ2v) is 6.00. The first kappa shape index (κ1) is 13.2. The maximum absolute atomic E-state index is 13.5. The van der Waals surface area contributed by atoms with Crippen LogP contribution in [0.1, 0.15) is 15.9 Å². The van der Waals surface area contributed by atoms with Gasteiger partial charge in [0.1, 0.15) is 0 Å². The number of hydrogen-bond acceptors (Lipinski definition) is 3. The quantitative estimate of drug-likeness (QED) is 0.790. The van der Waals surface area contributed by atoms with Gasteiger partial charge in [-0.15, -0.1) is 11.3 Å². The lowest BCUT2D eigenvalue weighted by molar-refractivity contribution is 0.0993. The summed E-state index contributed by atoms with van der Waals surface area (Å²) in [7, 11) is 1.41. The zero-order valence-corrected chi connectivity index (χ0v) is 12.0. The number of ketones is 1. The molecule has 0 atom stereocenters. The van der Waals surface area contributed by atoms with Gasteiger partial charge in [0, 0.05) is 17.4 Å². The van der Waals surface area contributed by atoms with Gasteiger partial charge in [0.05, 0.1) is 10.9 Å². The van der Waals surface area contributed by atoms with Crippen molar-refractivity contribution < 1.29 is 13.9 Å². The Labute approximate surface area is 117 Å². The third-order valence-corrected chi connectivity index (χ3v) is 3.97. The average molecular weight is 329 g/mol. The maximum Gasteiger partial charge on any atom is 0.168 e. The number of ether oxygens (including phenoxy) is 1. The van der Waals surface area contributed by atoms with E-state index in [4.69, 9.17) is 4.74 Å². The smallest absolute Gasteiger partial charge is 0.168 e. The molecule has 0 spiro atoms. The Morgan fingerprint density at radius 2 is 2.22 bits per heavy atom. The Morgan fingerprint density at radius 3 is 2.78 bits per heavy atom. The van der Waals surface area contributed by atoms with E-state index in [0.717, 1.165) is 3.79 Å². The number of hydrogen-bond donors (Lipinski definition) is 0. The molecule has 94 valence electrons. The summed E-state index contributed by atoms with van der Waals surface area (Å²) in [6.45, 7) is 0. The van der Waals surface area contributed by atoms with Crippen LogP contribution < -0.4 is 4.74 Å². The highest BCUT2D eigenvalue weighted by Crippen LogP contribution is 2.23. The van der Waals surface area contributed by atoms with Crippen molar-refractivity contribution in [3.8, 4) is 5.75 Å². The molecule has 1 aromatic heterocycles. The molecule has 0 saturated heterocycles. The molecular formula is C13H10BrFO2S. The fourth-order valence-electron chi connectivity index (χ4n) is 1.56. The van der Waals surface area contributed by atoms with Gasteiger partial charge in [-0.1, -0.05) is 6.07 Å². The molecule has 0 aliphatic rings. The summed E-state index contributed by atoms with van der Waals surface area (Å²) in [4.78, 5) is 11.9. The Morgan fingerprint density at radius 1 is 1.44 bits per heavy atom. The largest absolute Gasteiger partial charge is 0.494 e. The number of carbonyl (C=O) groups excluding carboxylic acids is 1. The van der Waals surface area contributed by atoms with E-state index < -0.39 is 5.82 Å². The topological polar surface area (TPSA) is 26.3 Å². The summed E-state index contributed by atoms with van der Waals surface area (Å²) in [6.07, 6.45) is 0.185. The molecule has 0 amide bonds. The Bertz CT molecular complexity index is 580. The van der Waals surface area contributed by atoms with Gasteiger partial charge in [0.2, 0.25) is 0 Å². The van der Waals surface area contributed by atoms with Crippen LogP contribution in [0.5, 0.6) is 5.75 Å². The van der Waals surface area contributed by atoms with Gasteiger partial charge in [-0.3, -0.25) is 4.79 Å². The van der Waals surface area contributed by atoms with Crippen LogP contribution in [0.2, 0.25) is 0 Å². The minimum Gasteiger partial charge on any atom is -0.494 e. The number of benzene rings is 1. The molecule has 0 aliphatic heterocycles. The predicted octanol–water partition coefficient (Wildman–Crippen LogP) is 4.08. The highest BCUT2D eigenvalue weighted by molar-refractivity contribution is 9.11. The highest BCUT2D eigenvalue weighted by Gasteiger charge is 2.11. The molecule has 0 N–H and O–H groups in total. The Kier molecular flexibility index (Phi) is 4.14. The van der Waals surface area contributed by atoms with Crippen LogP contribution in [0.4, 0.5) is 4.39 Å². The predicted molar refractivity (Wildman–Crippen MR) is 73.0 cm³/mol. The zero-order chi connectivity index (χ0) is 13.1. The van der Waals surface area contributed by atoms with Gasteiger partial charge >= 0.3 is 0 Å². The van der Waals surface area contributed by atoms with Gasteiger partial charge in [-0.2, -0.15) is 0 Å². The number of Topliss-reactive ketones (excluding diaryl/α,β-unsaturated/α-hetero) is 1. The molecular weight excluding hydrogens is 319 g/mol. The molecule has 0 bridgehead atoms. The summed E-state index contributed by atoms with van der Waals surface area (Å²) in [6, 6.07) is 6.33. The lowest BCUT2D eigenvalue weighted by Gasteiger charge is -2.04. The van der Waals surface area contributed by atoms with Crippen LogP contribution in [-0.4, -0.2) is 12.9 Å². The molecule has 1 aromatic carbocycles. The summed E-state index contributed by atoms with van der Waals surface area (Å²) in [5.41, 5.74) is 1.28. The van der Waals surface area contributed by atoms with Crippen molar-refractivity contribution in [3.63, 3.8) is 0 Å². The van der Waals surface area contributed by atoms with Crippen molar-refractivity contribution in [1.29, 1.82) is 0 Å². The molecule has 0 fully saturated rings. The average Bonchev–Trinajstić information content (AvgIpc) is 2.76. The van der Waals surface area contributed by atoms with Crippen LogP contribution in [0.25, 0.3) is 0 Å². The van der Waals surface area contributed by atoms with E-state index in [2.05, 4.69) is 15.9 Å². The Hall–Kier alpha value is -1.20. The van der Waals surface area contributed by atoms with Crippen molar-refractivity contribution in [2.24, 2.45) is 0 Å². The Balaban J connectivity index is 2.14. The minimum atomic E-state index is -0.450. The summed E-state index contributed by atoms with van der Waals surface area (Å²) in [5.74, 6) is -0.291. The van der Waals surface area contributed by atoms with E-state index in [1.165, 1.54) is 30.6 Å². The summed E-state index contributed by atoms with van der Waals surface area (Å²) >= 11 is 4.76. The number of rotatable bonds is 4. The number of halogens is 2. The zero-order valence-electron chi connectivity index (χ0n) is 9.57. The van der Waals surface area contributed by atoms with Crippen molar-refractivity contribution in [1.82, 2.24) is 0 Å². The molecule has 0 radical (unpaired) electrons. The second kappa shape index (κ2) is 5.63. The first-order chi connectivity index (χ1) is 8.60. The van der Waals surface area contributed by atoms with Crippen LogP contribution in [0.15, 0.2) is 33.4 Å². The SMILES string of the molecule is COc1ccc(CC(=O)c2csc(Br)c2)cc1F. The molecule has 0 saturated carbocycles. The molecule has 18 heavy (non-hydrogen) atoms. The van der Waals surface area contributed by atoms with Gasteiger partial charge in [-0.05, 0) is 39.7 Å². The van der Waals surface area contributed by atoms with Crippen LogP contribution >= 0.6 is 27.3 Å². The van der Waals surface area contributed by atoms with E-state index in [-0.39, 0.29) is 18.0 Å². The summed E-state index contributed by atoms with van der Waals surface area (Å²) < 4.78 is 19.2. The first-order valence-electron chi connectivity index (χ1n) is 5.20. The van der Waals surface area contributed by atoms with Crippen molar-refractivity contribution >= 4 is 33.0 Å². The fourth-order valence-corrected chi connectivity index (χ4v) is 2.72. The molecule has 0 aliphatic carbocycles. The van der Waals surface area contributed by atoms with Crippen molar-refractivity contribution in [2.45, 2.75) is 6.42 Å². The fraction of sp³-hybridized carbons (Fsp3) is 0.154. The monoisotopic (exact) mass is 328 g/mol. The molecule has 5 heteroatoms. The lowest BCUT2D eigenvalue weighted by atomic mass is 10.1. The van der Waals surface area contributed by atoms with Gasteiger partial charge in [0.15, 0.2) is 17.3 Å². The van der Waals surface area contributed by atoms with E-state index in [1.807, 2.05) is 0 Å². The van der Waals surface area contributed by atoms with Crippen molar-refractivity contribution in [3.05, 3.63) is 50.4 Å². The van der Waals surface area contributed by atoms with Crippen LogP contribution in [-0.2, 0) is 6.42 Å². The standard InChI is InChI=1S/C13H10BrFO2S/c1-17-12-3-2-8(4-10(12)15)5-11(16)9-6-13(14)18-7-9/h2-4,6-7H,5H2,1H3. The summed E-state index contributed by atoms with van der Waals surface area (Å²) in [5, 5.41) is 1.78. The normalized spacial score (nSPS) is 10.4. The van der Waals surface area contributed by atoms with E-state index in [1.54, 1.807) is 17.5 Å². The molecule has 0 unspecified atom stereocenters. The molecule has 2 nitrogen and oxygen atoms in total. The van der Waals surface area contributed by atoms with Crippen LogP contribution in [0, 0.1) is 5.82 Å². The first-order valence-corrected chi connectivity index (χ1v) is 6.87. The number of methoxy groups -OCH3 is 1. The van der Waals surface area contributed by atoms with E-state index >= 15 is 0 Å². The van der Waals surface area contributed by atoms with Gasteiger partial charge < -0.3 is 4.74 Å². The number of thiophene rings is 1. The lowest BCUT2D eigenvalue weighted by Crippen LogP contribution is -2.02. The maximum atomic E-state index is 13.5. The molecule has 2 aromatic rings. The minimum absolute atomic E-state index is 0.0264. The molecule has 2 rings (SSSR count). The number of carbonyl (C=O) groups is 1.